The van der Waals surface area contributed by atoms with Crippen molar-refractivity contribution in [3.8, 4) is 6.07 Å². The van der Waals surface area contributed by atoms with Gasteiger partial charge in [0.05, 0.1) is 13.2 Å². The van der Waals surface area contributed by atoms with Crippen molar-refractivity contribution >= 4 is 11.6 Å². The molecule has 1 N–H and O–H groups in total. The number of nitriles is 1. The van der Waals surface area contributed by atoms with Crippen LogP contribution in [0.3, 0.4) is 0 Å². The lowest BCUT2D eigenvalue weighted by atomic mass is 10.1. The number of aryl methyl sites for hydroxylation is 2. The molecule has 0 unspecified atom stereocenters. The number of amides is 1. The second-order valence-corrected chi connectivity index (χ2v) is 5.18. The fraction of sp³-hybridized carbons (Fsp3) is 0.412. The van der Waals surface area contributed by atoms with Crippen LogP contribution in [0, 0.1) is 18.3 Å². The number of carbonyl (C=O) groups is 1. The van der Waals surface area contributed by atoms with Gasteiger partial charge < -0.3 is 15.0 Å². The van der Waals surface area contributed by atoms with Crippen molar-refractivity contribution in [2.24, 2.45) is 0 Å². The molecule has 116 valence electrons. The molecule has 0 radical (unpaired) electrons. The molecular formula is C17H21N3O2. The minimum atomic E-state index is -0.245. The maximum atomic E-state index is 12.3. The summed E-state index contributed by atoms with van der Waals surface area (Å²) >= 11 is 0. The predicted octanol–water partition coefficient (Wildman–Crippen LogP) is 2.24. The first-order chi connectivity index (χ1) is 10.7. The highest BCUT2D eigenvalue weighted by Crippen LogP contribution is 2.21. The largest absolute Gasteiger partial charge is 0.378 e. The highest BCUT2D eigenvalue weighted by molar-refractivity contribution is 5.97. The van der Waals surface area contributed by atoms with Gasteiger partial charge in [-0.05, 0) is 24.5 Å². The van der Waals surface area contributed by atoms with Crippen molar-refractivity contribution < 1.29 is 9.53 Å². The van der Waals surface area contributed by atoms with Gasteiger partial charge in [0, 0.05) is 25.0 Å². The molecule has 5 nitrogen and oxygen atoms in total. The number of anilines is 1. The van der Waals surface area contributed by atoms with Crippen molar-refractivity contribution in [3.63, 3.8) is 0 Å². The van der Waals surface area contributed by atoms with Crippen molar-refractivity contribution in [1.82, 2.24) is 4.90 Å². The highest BCUT2D eigenvalue weighted by Gasteiger charge is 2.20. The van der Waals surface area contributed by atoms with E-state index in [2.05, 4.69) is 12.2 Å². The number of nitrogens with one attached hydrogen (secondary N) is 1. The smallest absolute Gasteiger partial charge is 0.266 e. The normalized spacial score (nSPS) is 15.3. The fourth-order valence-corrected chi connectivity index (χ4v) is 2.45. The Bertz CT molecular complexity index is 611. The fourth-order valence-electron chi connectivity index (χ4n) is 2.45. The van der Waals surface area contributed by atoms with Crippen LogP contribution in [0.25, 0.3) is 0 Å². The third-order valence-electron chi connectivity index (χ3n) is 3.75. The summed E-state index contributed by atoms with van der Waals surface area (Å²) in [6.07, 6.45) is 2.40. The molecule has 0 saturated carbocycles. The van der Waals surface area contributed by atoms with Gasteiger partial charge in [0.1, 0.15) is 11.6 Å². The number of hydrogen-bond acceptors (Lipinski definition) is 4. The summed E-state index contributed by atoms with van der Waals surface area (Å²) in [6.45, 7) is 6.19. The van der Waals surface area contributed by atoms with Crippen molar-refractivity contribution in [3.05, 3.63) is 41.1 Å². The van der Waals surface area contributed by atoms with Gasteiger partial charge in [-0.3, -0.25) is 4.79 Å². The Morgan fingerprint density at radius 1 is 1.45 bits per heavy atom. The van der Waals surface area contributed by atoms with Crippen LogP contribution in [-0.2, 0) is 16.0 Å². The van der Waals surface area contributed by atoms with Crippen LogP contribution in [0.4, 0.5) is 5.69 Å². The van der Waals surface area contributed by atoms with Crippen LogP contribution in [0.2, 0.25) is 0 Å². The molecular weight excluding hydrogens is 278 g/mol. The van der Waals surface area contributed by atoms with E-state index < -0.39 is 0 Å². The van der Waals surface area contributed by atoms with Crippen LogP contribution >= 0.6 is 0 Å². The van der Waals surface area contributed by atoms with E-state index in [1.54, 1.807) is 4.90 Å². The second kappa shape index (κ2) is 7.62. The van der Waals surface area contributed by atoms with Gasteiger partial charge >= 0.3 is 0 Å². The van der Waals surface area contributed by atoms with Gasteiger partial charge in [-0.2, -0.15) is 5.26 Å². The van der Waals surface area contributed by atoms with E-state index in [0.717, 1.165) is 23.2 Å². The topological polar surface area (TPSA) is 65.4 Å². The van der Waals surface area contributed by atoms with Gasteiger partial charge in [-0.25, -0.2) is 0 Å². The van der Waals surface area contributed by atoms with E-state index in [1.165, 1.54) is 6.20 Å². The molecule has 1 aliphatic rings. The van der Waals surface area contributed by atoms with E-state index >= 15 is 0 Å². The first kappa shape index (κ1) is 16.1. The molecule has 0 aromatic heterocycles. The number of benzene rings is 1. The Labute approximate surface area is 131 Å². The molecule has 0 bridgehead atoms. The molecule has 5 heteroatoms. The predicted molar refractivity (Wildman–Crippen MR) is 85.3 cm³/mol. The van der Waals surface area contributed by atoms with Gasteiger partial charge in [-0.1, -0.05) is 25.1 Å². The quantitative estimate of drug-likeness (QED) is 0.684. The van der Waals surface area contributed by atoms with Gasteiger partial charge in [-0.15, -0.1) is 0 Å². The Morgan fingerprint density at radius 2 is 2.18 bits per heavy atom. The molecule has 1 aromatic rings. The molecule has 0 atom stereocenters. The number of para-hydroxylation sites is 1. The van der Waals surface area contributed by atoms with Gasteiger partial charge in [0.15, 0.2) is 0 Å². The molecule has 0 aliphatic carbocycles. The molecule has 1 aliphatic heterocycles. The lowest BCUT2D eigenvalue weighted by molar-refractivity contribution is -0.130. The zero-order valence-electron chi connectivity index (χ0n) is 13.1. The average molecular weight is 299 g/mol. The Balaban J connectivity index is 2.16. The minimum Gasteiger partial charge on any atom is -0.378 e. The first-order valence-corrected chi connectivity index (χ1v) is 7.49. The van der Waals surface area contributed by atoms with E-state index in [-0.39, 0.29) is 11.5 Å². The maximum Gasteiger partial charge on any atom is 0.266 e. The molecule has 1 fully saturated rings. The van der Waals surface area contributed by atoms with Gasteiger partial charge in [0.25, 0.3) is 5.91 Å². The Kier molecular flexibility index (Phi) is 5.56. The number of nitrogens with zero attached hydrogens (tertiary/aromatic N) is 2. The van der Waals surface area contributed by atoms with E-state index in [9.17, 15) is 10.1 Å². The molecule has 1 aromatic carbocycles. The lowest BCUT2D eigenvalue weighted by Gasteiger charge is -2.26. The van der Waals surface area contributed by atoms with Crippen LogP contribution in [0.15, 0.2) is 30.0 Å². The summed E-state index contributed by atoms with van der Waals surface area (Å²) in [5.41, 5.74) is 3.33. The molecule has 22 heavy (non-hydrogen) atoms. The van der Waals surface area contributed by atoms with Crippen LogP contribution in [0.1, 0.15) is 18.1 Å². The summed E-state index contributed by atoms with van der Waals surface area (Å²) in [5, 5.41) is 12.4. The third kappa shape index (κ3) is 3.66. The van der Waals surface area contributed by atoms with Crippen LogP contribution in [0.5, 0.6) is 0 Å². The van der Waals surface area contributed by atoms with Gasteiger partial charge in [0.2, 0.25) is 0 Å². The van der Waals surface area contributed by atoms with Crippen LogP contribution < -0.4 is 5.32 Å². The molecule has 0 spiro atoms. The standard InChI is InChI=1S/C17H21N3O2/c1-3-14-6-4-5-13(2)16(14)19-12-15(11-18)17(21)20-7-9-22-10-8-20/h4-6,12,19H,3,7-10H2,1-2H3/b15-12-. The summed E-state index contributed by atoms with van der Waals surface area (Å²) in [5.74, 6) is -0.245. The molecule has 1 heterocycles. The highest BCUT2D eigenvalue weighted by atomic mass is 16.5. The summed E-state index contributed by atoms with van der Waals surface area (Å²) in [4.78, 5) is 14.0. The Morgan fingerprint density at radius 3 is 2.82 bits per heavy atom. The monoisotopic (exact) mass is 299 g/mol. The number of hydrogen-bond donors (Lipinski definition) is 1. The summed E-state index contributed by atoms with van der Waals surface area (Å²) in [6, 6.07) is 8.05. The number of carbonyl (C=O) groups excluding carboxylic acids is 1. The summed E-state index contributed by atoms with van der Waals surface area (Å²) < 4.78 is 5.23. The maximum absolute atomic E-state index is 12.3. The molecule has 2 rings (SSSR count). The van der Waals surface area contributed by atoms with E-state index in [4.69, 9.17) is 4.74 Å². The third-order valence-corrected chi connectivity index (χ3v) is 3.75. The van der Waals surface area contributed by atoms with E-state index in [1.807, 2.05) is 31.2 Å². The average Bonchev–Trinajstić information content (AvgIpc) is 2.57. The minimum absolute atomic E-state index is 0.118. The van der Waals surface area contributed by atoms with Crippen molar-refractivity contribution in [2.75, 3.05) is 31.6 Å². The SMILES string of the molecule is CCc1cccc(C)c1N/C=C(/C#N)C(=O)N1CCOCC1. The van der Waals surface area contributed by atoms with Crippen molar-refractivity contribution in [1.29, 1.82) is 5.26 Å². The zero-order valence-corrected chi connectivity index (χ0v) is 13.1. The van der Waals surface area contributed by atoms with Crippen molar-refractivity contribution in [2.45, 2.75) is 20.3 Å². The number of morpholine rings is 1. The molecule has 1 saturated heterocycles. The van der Waals surface area contributed by atoms with Crippen LogP contribution in [-0.4, -0.2) is 37.1 Å². The summed E-state index contributed by atoms with van der Waals surface area (Å²) in [7, 11) is 0. The second-order valence-electron chi connectivity index (χ2n) is 5.18. The number of rotatable bonds is 4. The van der Waals surface area contributed by atoms with E-state index in [0.29, 0.717) is 26.3 Å². The number of ether oxygens (including phenoxy) is 1. The first-order valence-electron chi connectivity index (χ1n) is 7.49. The Hall–Kier alpha value is -2.32. The zero-order chi connectivity index (χ0) is 15.9. The molecule has 1 amide bonds. The lowest BCUT2D eigenvalue weighted by Crippen LogP contribution is -2.41.